The molecule has 0 atom stereocenters. The number of nitrogens with zero attached hydrogens (tertiary/aromatic N) is 1. The molecular weight excluding hydrogens is 296 g/mol. The van der Waals surface area contributed by atoms with Gasteiger partial charge < -0.3 is 10.1 Å². The zero-order valence-corrected chi connectivity index (χ0v) is 13.2. The quantitative estimate of drug-likeness (QED) is 0.597. The third-order valence-electron chi connectivity index (χ3n) is 4.36. The molecule has 0 spiro atoms. The third-order valence-corrected chi connectivity index (χ3v) is 4.36. The monoisotopic (exact) mass is 314 g/mol. The van der Waals surface area contributed by atoms with Gasteiger partial charge >= 0.3 is 0 Å². The van der Waals surface area contributed by atoms with Crippen LogP contribution in [-0.2, 0) is 12.0 Å². The zero-order valence-electron chi connectivity index (χ0n) is 13.2. The van der Waals surface area contributed by atoms with Gasteiger partial charge in [-0.1, -0.05) is 72.8 Å². The Balaban J connectivity index is 1.81. The minimum atomic E-state index is -1.13. The number of nitrogens with one attached hydrogen (secondary N) is 1. The molecule has 3 aromatic carbocycles. The van der Waals surface area contributed by atoms with Crippen LogP contribution in [0.3, 0.4) is 0 Å². The van der Waals surface area contributed by atoms with E-state index in [4.69, 9.17) is 0 Å². The summed E-state index contributed by atoms with van der Waals surface area (Å²) >= 11 is 0. The first-order valence-corrected chi connectivity index (χ1v) is 8.03. The van der Waals surface area contributed by atoms with Crippen LogP contribution in [0.15, 0.2) is 84.9 Å². The van der Waals surface area contributed by atoms with Crippen molar-refractivity contribution < 1.29 is 5.11 Å². The molecule has 0 bridgehead atoms. The van der Waals surface area contributed by atoms with Crippen molar-refractivity contribution in [1.82, 2.24) is 9.97 Å². The maximum atomic E-state index is 11.6. The summed E-state index contributed by atoms with van der Waals surface area (Å²) in [6, 6.07) is 27.4. The van der Waals surface area contributed by atoms with Crippen LogP contribution < -0.4 is 0 Å². The van der Waals surface area contributed by atoms with Crippen molar-refractivity contribution in [3.63, 3.8) is 0 Å². The lowest BCUT2D eigenvalue weighted by Crippen LogP contribution is -2.30. The number of H-pyrrole nitrogens is 1. The molecule has 0 aliphatic heterocycles. The number of imidazole rings is 1. The lowest BCUT2D eigenvalue weighted by molar-refractivity contribution is 0.0792. The molecule has 0 saturated heterocycles. The van der Waals surface area contributed by atoms with Gasteiger partial charge in [0.15, 0.2) is 0 Å². The van der Waals surface area contributed by atoms with Crippen LogP contribution in [0.2, 0.25) is 0 Å². The van der Waals surface area contributed by atoms with Crippen molar-refractivity contribution >= 4 is 11.0 Å². The van der Waals surface area contributed by atoms with Gasteiger partial charge in [0.2, 0.25) is 0 Å². The van der Waals surface area contributed by atoms with Gasteiger partial charge in [-0.2, -0.15) is 0 Å². The first kappa shape index (κ1) is 14.7. The smallest absolute Gasteiger partial charge is 0.122 e. The van der Waals surface area contributed by atoms with Crippen LogP contribution in [0.5, 0.6) is 0 Å². The van der Waals surface area contributed by atoms with Gasteiger partial charge in [0.1, 0.15) is 11.4 Å². The molecular formula is C21H18N2O. The van der Waals surface area contributed by atoms with Crippen molar-refractivity contribution in [1.29, 1.82) is 0 Å². The summed E-state index contributed by atoms with van der Waals surface area (Å²) < 4.78 is 0. The molecule has 1 heterocycles. The normalized spacial score (nSPS) is 11.7. The average Bonchev–Trinajstić information content (AvgIpc) is 3.05. The second-order valence-electron chi connectivity index (χ2n) is 5.97. The van der Waals surface area contributed by atoms with Crippen molar-refractivity contribution in [3.05, 3.63) is 102 Å². The Kier molecular flexibility index (Phi) is 3.63. The van der Waals surface area contributed by atoms with Crippen LogP contribution in [0.4, 0.5) is 0 Å². The third kappa shape index (κ3) is 2.59. The Hall–Kier alpha value is -2.91. The second-order valence-corrected chi connectivity index (χ2v) is 5.97. The Morgan fingerprint density at radius 2 is 1.29 bits per heavy atom. The minimum absolute atomic E-state index is 0.385. The molecule has 0 radical (unpaired) electrons. The number of benzene rings is 3. The molecule has 0 aliphatic carbocycles. The number of hydrogen-bond donors (Lipinski definition) is 2. The Morgan fingerprint density at radius 3 is 1.88 bits per heavy atom. The summed E-state index contributed by atoms with van der Waals surface area (Å²) in [5.74, 6) is 0.770. The van der Waals surface area contributed by atoms with Gasteiger partial charge in [-0.3, -0.25) is 0 Å². The predicted octanol–water partition coefficient (Wildman–Crippen LogP) is 4.04. The number of aliphatic hydroxyl groups is 1. The minimum Gasteiger partial charge on any atom is -0.380 e. The Morgan fingerprint density at radius 1 is 0.750 bits per heavy atom. The summed E-state index contributed by atoms with van der Waals surface area (Å²) in [5, 5.41) is 11.6. The van der Waals surface area contributed by atoms with Crippen LogP contribution in [-0.4, -0.2) is 15.1 Å². The molecule has 1 aromatic heterocycles. The Labute approximate surface area is 140 Å². The van der Waals surface area contributed by atoms with Gasteiger partial charge in [0, 0.05) is 6.42 Å². The standard InChI is InChI=1S/C21H18N2O/c24-21(16-9-3-1-4-10-16,17-11-5-2-6-12-17)15-20-22-18-13-7-8-14-19(18)23-20/h1-14,24H,15H2,(H,22,23). The van der Waals surface area contributed by atoms with Gasteiger partial charge in [0.25, 0.3) is 0 Å². The average molecular weight is 314 g/mol. The molecule has 0 fully saturated rings. The van der Waals surface area contributed by atoms with Crippen LogP contribution in [0, 0.1) is 0 Å². The maximum absolute atomic E-state index is 11.6. The number of aromatic amines is 1. The summed E-state index contributed by atoms with van der Waals surface area (Å²) in [5.41, 5.74) is 2.48. The number of para-hydroxylation sites is 2. The van der Waals surface area contributed by atoms with E-state index in [-0.39, 0.29) is 0 Å². The summed E-state index contributed by atoms with van der Waals surface area (Å²) in [4.78, 5) is 7.95. The number of hydrogen-bond acceptors (Lipinski definition) is 2. The van der Waals surface area contributed by atoms with Crippen molar-refractivity contribution in [3.8, 4) is 0 Å². The highest BCUT2D eigenvalue weighted by atomic mass is 16.3. The van der Waals surface area contributed by atoms with Gasteiger partial charge in [-0.15, -0.1) is 0 Å². The lowest BCUT2D eigenvalue weighted by Gasteiger charge is -2.28. The molecule has 118 valence electrons. The van der Waals surface area contributed by atoms with Crippen LogP contribution in [0.1, 0.15) is 17.0 Å². The topological polar surface area (TPSA) is 48.9 Å². The van der Waals surface area contributed by atoms with Crippen molar-refractivity contribution in [2.45, 2.75) is 12.0 Å². The Bertz CT molecular complexity index is 873. The largest absolute Gasteiger partial charge is 0.380 e. The molecule has 0 unspecified atom stereocenters. The number of aromatic nitrogens is 2. The van der Waals surface area contributed by atoms with E-state index in [0.29, 0.717) is 6.42 Å². The molecule has 0 amide bonds. The highest BCUT2D eigenvalue weighted by Crippen LogP contribution is 2.32. The zero-order chi connectivity index (χ0) is 16.4. The van der Waals surface area contributed by atoms with E-state index in [1.54, 1.807) is 0 Å². The molecule has 4 aromatic rings. The fraction of sp³-hybridized carbons (Fsp3) is 0.0952. The lowest BCUT2D eigenvalue weighted by atomic mass is 9.83. The van der Waals surface area contributed by atoms with E-state index in [9.17, 15) is 5.11 Å². The van der Waals surface area contributed by atoms with E-state index in [1.807, 2.05) is 84.9 Å². The molecule has 2 N–H and O–H groups in total. The highest BCUT2D eigenvalue weighted by molar-refractivity contribution is 5.74. The van der Waals surface area contributed by atoms with Gasteiger partial charge in [0.05, 0.1) is 11.0 Å². The number of rotatable bonds is 4. The predicted molar refractivity (Wildman–Crippen MR) is 95.7 cm³/mol. The summed E-state index contributed by atoms with van der Waals surface area (Å²) in [6.07, 6.45) is 0.385. The fourth-order valence-electron chi connectivity index (χ4n) is 3.13. The molecule has 24 heavy (non-hydrogen) atoms. The van der Waals surface area contributed by atoms with E-state index >= 15 is 0 Å². The van der Waals surface area contributed by atoms with Crippen molar-refractivity contribution in [2.24, 2.45) is 0 Å². The molecule has 0 aliphatic rings. The molecule has 3 nitrogen and oxygen atoms in total. The first-order chi connectivity index (χ1) is 11.8. The van der Waals surface area contributed by atoms with Gasteiger partial charge in [-0.05, 0) is 23.3 Å². The summed E-state index contributed by atoms with van der Waals surface area (Å²) in [6.45, 7) is 0. The first-order valence-electron chi connectivity index (χ1n) is 8.03. The van der Waals surface area contributed by atoms with Gasteiger partial charge in [-0.25, -0.2) is 4.98 Å². The fourth-order valence-corrected chi connectivity index (χ4v) is 3.13. The van der Waals surface area contributed by atoms with E-state index in [1.165, 1.54) is 0 Å². The van der Waals surface area contributed by atoms with Crippen LogP contribution >= 0.6 is 0 Å². The highest BCUT2D eigenvalue weighted by Gasteiger charge is 2.32. The van der Waals surface area contributed by atoms with E-state index in [0.717, 1.165) is 28.0 Å². The maximum Gasteiger partial charge on any atom is 0.122 e. The molecule has 0 saturated carbocycles. The van der Waals surface area contributed by atoms with E-state index in [2.05, 4.69) is 9.97 Å². The SMILES string of the molecule is OC(Cc1nc2ccccc2[nH]1)(c1ccccc1)c1ccccc1. The second kappa shape index (κ2) is 5.95. The molecule has 3 heteroatoms. The summed E-state index contributed by atoms with van der Waals surface area (Å²) in [7, 11) is 0. The van der Waals surface area contributed by atoms with Crippen LogP contribution in [0.25, 0.3) is 11.0 Å². The number of fused-ring (bicyclic) bond motifs is 1. The van der Waals surface area contributed by atoms with Crippen molar-refractivity contribution in [2.75, 3.05) is 0 Å². The van der Waals surface area contributed by atoms with E-state index < -0.39 is 5.60 Å². The molecule has 4 rings (SSSR count).